The summed E-state index contributed by atoms with van der Waals surface area (Å²) in [4.78, 5) is 6.76. The molecule has 0 aliphatic carbocycles. The van der Waals surface area contributed by atoms with Crippen LogP contribution in [0, 0.1) is 0 Å². The van der Waals surface area contributed by atoms with Gasteiger partial charge in [0.1, 0.15) is 0 Å². The van der Waals surface area contributed by atoms with Crippen LogP contribution in [0.2, 0.25) is 0 Å². The van der Waals surface area contributed by atoms with E-state index in [2.05, 4.69) is 28.9 Å². The molecule has 3 nitrogen and oxygen atoms in total. The number of rotatable bonds is 2. The molecule has 0 spiro atoms. The highest BCUT2D eigenvalue weighted by Gasteiger charge is 2.12. The van der Waals surface area contributed by atoms with Gasteiger partial charge in [0.25, 0.3) is 0 Å². The van der Waals surface area contributed by atoms with Gasteiger partial charge >= 0.3 is 0 Å². The highest BCUT2D eigenvalue weighted by molar-refractivity contribution is 5.81. The molecule has 17 heavy (non-hydrogen) atoms. The highest BCUT2D eigenvalue weighted by atomic mass is 15.3. The minimum absolute atomic E-state index is 0.672. The van der Waals surface area contributed by atoms with Crippen LogP contribution in [0.15, 0.2) is 29.3 Å². The van der Waals surface area contributed by atoms with Gasteiger partial charge < -0.3 is 10.6 Å². The van der Waals surface area contributed by atoms with Crippen LogP contribution in [0.25, 0.3) is 0 Å². The Kier molecular flexibility index (Phi) is 4.02. The topological polar surface area (TPSA) is 41.6 Å². The van der Waals surface area contributed by atoms with Gasteiger partial charge in [-0.05, 0) is 37.3 Å². The van der Waals surface area contributed by atoms with Crippen LogP contribution in [0.5, 0.6) is 0 Å². The summed E-state index contributed by atoms with van der Waals surface area (Å²) in [6.07, 6.45) is 4.76. The zero-order chi connectivity index (χ0) is 12.1. The summed E-state index contributed by atoms with van der Waals surface area (Å²) in [6.45, 7) is 4.23. The van der Waals surface area contributed by atoms with Crippen molar-refractivity contribution in [3.8, 4) is 0 Å². The Morgan fingerprint density at radius 3 is 2.65 bits per heavy atom. The van der Waals surface area contributed by atoms with E-state index in [1.807, 2.05) is 12.1 Å². The van der Waals surface area contributed by atoms with Gasteiger partial charge in [0.05, 0.1) is 5.69 Å². The maximum Gasteiger partial charge on any atom is 0.196 e. The number of nitrogens with two attached hydrogens (primary N) is 1. The van der Waals surface area contributed by atoms with Crippen LogP contribution in [0.1, 0.15) is 31.7 Å². The molecule has 1 saturated heterocycles. The summed E-state index contributed by atoms with van der Waals surface area (Å²) in [7, 11) is 0. The first kappa shape index (κ1) is 12.0. The zero-order valence-electron chi connectivity index (χ0n) is 10.5. The number of likely N-dealkylation sites (tertiary alicyclic amines) is 1. The van der Waals surface area contributed by atoms with E-state index >= 15 is 0 Å². The monoisotopic (exact) mass is 231 g/mol. The predicted octanol–water partition coefficient (Wildman–Crippen LogP) is 2.68. The fourth-order valence-electron chi connectivity index (χ4n) is 2.24. The maximum absolute atomic E-state index is 6.08. The van der Waals surface area contributed by atoms with Crippen molar-refractivity contribution in [1.82, 2.24) is 4.90 Å². The standard InChI is InChI=1S/C14H21N3/c1-2-12-8-4-5-9-13(12)16-14(15)17-10-6-3-7-11-17/h4-5,8-9H,2-3,6-7,10-11H2,1H3,(H2,15,16). The molecule has 0 saturated carbocycles. The SMILES string of the molecule is CCc1ccccc1N=C(N)N1CCCCC1. The molecule has 1 heterocycles. The van der Waals surface area contributed by atoms with E-state index in [1.54, 1.807) is 0 Å². The second kappa shape index (κ2) is 5.71. The summed E-state index contributed by atoms with van der Waals surface area (Å²) in [5, 5.41) is 0. The minimum Gasteiger partial charge on any atom is -0.369 e. The van der Waals surface area contributed by atoms with E-state index in [1.165, 1.54) is 24.8 Å². The van der Waals surface area contributed by atoms with Crippen LogP contribution in [0.3, 0.4) is 0 Å². The lowest BCUT2D eigenvalue weighted by Gasteiger charge is -2.27. The van der Waals surface area contributed by atoms with Gasteiger partial charge in [0.15, 0.2) is 5.96 Å². The normalized spacial score (nSPS) is 17.2. The molecule has 1 fully saturated rings. The smallest absolute Gasteiger partial charge is 0.196 e. The van der Waals surface area contributed by atoms with Crippen LogP contribution in [-0.4, -0.2) is 23.9 Å². The number of benzene rings is 1. The Labute approximate surface area is 103 Å². The van der Waals surface area contributed by atoms with Gasteiger partial charge in [-0.1, -0.05) is 25.1 Å². The molecule has 1 aromatic rings. The second-order valence-corrected chi connectivity index (χ2v) is 4.50. The summed E-state index contributed by atoms with van der Waals surface area (Å²) in [5.41, 5.74) is 8.35. The molecule has 3 heteroatoms. The average molecular weight is 231 g/mol. The van der Waals surface area contributed by atoms with Crippen molar-refractivity contribution in [3.05, 3.63) is 29.8 Å². The molecule has 0 radical (unpaired) electrons. The van der Waals surface area contributed by atoms with Crippen molar-refractivity contribution in [2.45, 2.75) is 32.6 Å². The molecule has 2 rings (SSSR count). The van der Waals surface area contributed by atoms with Crippen LogP contribution < -0.4 is 5.73 Å². The number of aliphatic imine (C=N–C) groups is 1. The maximum atomic E-state index is 6.08. The quantitative estimate of drug-likeness (QED) is 0.628. The van der Waals surface area contributed by atoms with E-state index in [0.717, 1.165) is 25.2 Å². The number of piperidine rings is 1. The van der Waals surface area contributed by atoms with E-state index < -0.39 is 0 Å². The molecule has 1 aliphatic heterocycles. The van der Waals surface area contributed by atoms with Crippen molar-refractivity contribution in [1.29, 1.82) is 0 Å². The lowest BCUT2D eigenvalue weighted by atomic mass is 10.1. The lowest BCUT2D eigenvalue weighted by molar-refractivity contribution is 0.339. The Balaban J connectivity index is 2.16. The van der Waals surface area contributed by atoms with Crippen molar-refractivity contribution < 1.29 is 0 Å². The van der Waals surface area contributed by atoms with Gasteiger partial charge in [0.2, 0.25) is 0 Å². The molecular weight excluding hydrogens is 210 g/mol. The van der Waals surface area contributed by atoms with Gasteiger partial charge in [0, 0.05) is 13.1 Å². The summed E-state index contributed by atoms with van der Waals surface area (Å²) in [6, 6.07) is 8.22. The number of nitrogens with zero attached hydrogens (tertiary/aromatic N) is 2. The molecular formula is C14H21N3. The molecule has 0 amide bonds. The highest BCUT2D eigenvalue weighted by Crippen LogP contribution is 2.19. The number of hydrogen-bond acceptors (Lipinski definition) is 1. The largest absolute Gasteiger partial charge is 0.369 e. The molecule has 1 aliphatic rings. The van der Waals surface area contributed by atoms with Crippen molar-refractivity contribution in [3.63, 3.8) is 0 Å². The Hall–Kier alpha value is -1.51. The zero-order valence-corrected chi connectivity index (χ0v) is 10.5. The first-order valence-corrected chi connectivity index (χ1v) is 6.48. The van der Waals surface area contributed by atoms with Crippen molar-refractivity contribution in [2.24, 2.45) is 10.7 Å². The average Bonchev–Trinajstić information content (AvgIpc) is 2.40. The lowest BCUT2D eigenvalue weighted by Crippen LogP contribution is -2.40. The molecule has 0 bridgehead atoms. The third-order valence-electron chi connectivity index (χ3n) is 3.29. The van der Waals surface area contributed by atoms with Gasteiger partial charge in [-0.15, -0.1) is 0 Å². The number of para-hydroxylation sites is 1. The molecule has 92 valence electrons. The molecule has 0 unspecified atom stereocenters. The van der Waals surface area contributed by atoms with E-state index in [0.29, 0.717) is 5.96 Å². The number of aryl methyl sites for hydroxylation is 1. The minimum atomic E-state index is 0.672. The third kappa shape index (κ3) is 2.99. The third-order valence-corrected chi connectivity index (χ3v) is 3.29. The first-order valence-electron chi connectivity index (χ1n) is 6.48. The second-order valence-electron chi connectivity index (χ2n) is 4.50. The summed E-state index contributed by atoms with van der Waals surface area (Å²) < 4.78 is 0. The van der Waals surface area contributed by atoms with Crippen LogP contribution in [0.4, 0.5) is 5.69 Å². The Morgan fingerprint density at radius 2 is 1.94 bits per heavy atom. The van der Waals surface area contributed by atoms with Crippen LogP contribution >= 0.6 is 0 Å². The van der Waals surface area contributed by atoms with E-state index in [4.69, 9.17) is 5.73 Å². The Bertz CT molecular complexity index is 392. The number of guanidine groups is 1. The number of hydrogen-bond donors (Lipinski definition) is 1. The molecule has 2 N–H and O–H groups in total. The Morgan fingerprint density at radius 1 is 1.24 bits per heavy atom. The van der Waals surface area contributed by atoms with E-state index in [-0.39, 0.29) is 0 Å². The van der Waals surface area contributed by atoms with Gasteiger partial charge in [-0.25, -0.2) is 4.99 Å². The van der Waals surface area contributed by atoms with Crippen molar-refractivity contribution in [2.75, 3.05) is 13.1 Å². The molecule has 1 aromatic carbocycles. The predicted molar refractivity (Wildman–Crippen MR) is 72.5 cm³/mol. The molecule has 0 aromatic heterocycles. The first-order chi connectivity index (χ1) is 8.31. The van der Waals surface area contributed by atoms with Crippen LogP contribution in [-0.2, 0) is 6.42 Å². The van der Waals surface area contributed by atoms with Gasteiger partial charge in [-0.2, -0.15) is 0 Å². The summed E-state index contributed by atoms with van der Waals surface area (Å²) >= 11 is 0. The van der Waals surface area contributed by atoms with Crippen molar-refractivity contribution >= 4 is 11.6 Å². The fourth-order valence-corrected chi connectivity index (χ4v) is 2.24. The molecule has 0 atom stereocenters. The van der Waals surface area contributed by atoms with E-state index in [9.17, 15) is 0 Å². The fraction of sp³-hybridized carbons (Fsp3) is 0.500. The summed E-state index contributed by atoms with van der Waals surface area (Å²) in [5.74, 6) is 0.672. The van der Waals surface area contributed by atoms with Gasteiger partial charge in [-0.3, -0.25) is 0 Å².